The lowest BCUT2D eigenvalue weighted by atomic mass is 9.88. The number of hydrogen-bond donors (Lipinski definition) is 2. The molecule has 110 valence electrons. The van der Waals surface area contributed by atoms with Gasteiger partial charge in [-0.2, -0.15) is 0 Å². The SMILES string of the molecule is CCCNC(=O)C(C)NC1CCc2cc(Br)ccc2C1. The summed E-state index contributed by atoms with van der Waals surface area (Å²) < 4.78 is 1.15. The summed E-state index contributed by atoms with van der Waals surface area (Å²) in [4.78, 5) is 11.9. The standard InChI is InChI=1S/C16H23BrN2O/c1-3-8-18-16(20)11(2)19-15-7-5-12-9-14(17)6-4-13(12)10-15/h4,6,9,11,15,19H,3,5,7-8,10H2,1-2H3,(H,18,20). The van der Waals surface area contributed by atoms with Gasteiger partial charge in [0.2, 0.25) is 5.91 Å². The molecule has 0 aromatic heterocycles. The van der Waals surface area contributed by atoms with Gasteiger partial charge in [0.15, 0.2) is 0 Å². The van der Waals surface area contributed by atoms with Gasteiger partial charge in [-0.15, -0.1) is 0 Å². The van der Waals surface area contributed by atoms with Crippen molar-refractivity contribution in [3.05, 3.63) is 33.8 Å². The number of hydrogen-bond acceptors (Lipinski definition) is 2. The molecular formula is C16H23BrN2O. The van der Waals surface area contributed by atoms with Gasteiger partial charge < -0.3 is 10.6 Å². The molecule has 2 rings (SSSR count). The van der Waals surface area contributed by atoms with E-state index in [2.05, 4.69) is 51.7 Å². The van der Waals surface area contributed by atoms with Crippen molar-refractivity contribution in [3.8, 4) is 0 Å². The van der Waals surface area contributed by atoms with Crippen molar-refractivity contribution in [1.29, 1.82) is 0 Å². The minimum atomic E-state index is -0.122. The molecule has 20 heavy (non-hydrogen) atoms. The summed E-state index contributed by atoms with van der Waals surface area (Å²) in [5, 5.41) is 6.40. The van der Waals surface area contributed by atoms with E-state index in [1.54, 1.807) is 0 Å². The maximum absolute atomic E-state index is 11.9. The third-order valence-electron chi connectivity index (χ3n) is 3.82. The van der Waals surface area contributed by atoms with Gasteiger partial charge in [-0.1, -0.05) is 28.9 Å². The molecule has 0 saturated heterocycles. The van der Waals surface area contributed by atoms with Crippen LogP contribution in [-0.2, 0) is 17.6 Å². The first kappa shape index (κ1) is 15.5. The maximum atomic E-state index is 11.9. The van der Waals surface area contributed by atoms with Gasteiger partial charge in [-0.25, -0.2) is 0 Å². The van der Waals surface area contributed by atoms with E-state index in [0.717, 1.165) is 36.7 Å². The van der Waals surface area contributed by atoms with Crippen LogP contribution in [0.15, 0.2) is 22.7 Å². The van der Waals surface area contributed by atoms with Gasteiger partial charge >= 0.3 is 0 Å². The van der Waals surface area contributed by atoms with Crippen LogP contribution in [-0.4, -0.2) is 24.5 Å². The Bertz CT molecular complexity index is 476. The fraction of sp³-hybridized carbons (Fsp3) is 0.562. The van der Waals surface area contributed by atoms with Crippen LogP contribution < -0.4 is 10.6 Å². The predicted molar refractivity (Wildman–Crippen MR) is 85.9 cm³/mol. The zero-order valence-corrected chi connectivity index (χ0v) is 13.8. The maximum Gasteiger partial charge on any atom is 0.236 e. The molecule has 0 heterocycles. The van der Waals surface area contributed by atoms with Crippen LogP contribution in [0.2, 0.25) is 0 Å². The van der Waals surface area contributed by atoms with E-state index in [0.29, 0.717) is 6.04 Å². The monoisotopic (exact) mass is 338 g/mol. The Morgan fingerprint density at radius 2 is 2.25 bits per heavy atom. The van der Waals surface area contributed by atoms with Gasteiger partial charge in [0.25, 0.3) is 0 Å². The topological polar surface area (TPSA) is 41.1 Å². The van der Waals surface area contributed by atoms with E-state index in [-0.39, 0.29) is 11.9 Å². The third-order valence-corrected chi connectivity index (χ3v) is 4.32. The van der Waals surface area contributed by atoms with Crippen LogP contribution in [0.1, 0.15) is 37.8 Å². The number of rotatable bonds is 5. The Balaban J connectivity index is 1.89. The van der Waals surface area contributed by atoms with Gasteiger partial charge in [0.05, 0.1) is 6.04 Å². The highest BCUT2D eigenvalue weighted by Gasteiger charge is 2.22. The van der Waals surface area contributed by atoms with Crippen molar-refractivity contribution >= 4 is 21.8 Å². The predicted octanol–water partition coefficient (Wildman–Crippen LogP) is 2.81. The number of benzene rings is 1. The molecule has 1 aliphatic rings. The van der Waals surface area contributed by atoms with Gasteiger partial charge in [-0.05, 0) is 55.9 Å². The van der Waals surface area contributed by atoms with E-state index >= 15 is 0 Å². The molecule has 2 N–H and O–H groups in total. The molecule has 1 amide bonds. The summed E-state index contributed by atoms with van der Waals surface area (Å²) >= 11 is 3.52. The Kier molecular flexibility index (Phi) is 5.61. The summed E-state index contributed by atoms with van der Waals surface area (Å²) in [5.41, 5.74) is 2.83. The highest BCUT2D eigenvalue weighted by molar-refractivity contribution is 9.10. The minimum Gasteiger partial charge on any atom is -0.355 e. The van der Waals surface area contributed by atoms with Crippen LogP contribution in [0.4, 0.5) is 0 Å². The number of aryl methyl sites for hydroxylation is 1. The molecule has 1 aromatic rings. The molecule has 0 fully saturated rings. The lowest BCUT2D eigenvalue weighted by Gasteiger charge is -2.28. The van der Waals surface area contributed by atoms with Crippen molar-refractivity contribution in [2.75, 3.05) is 6.54 Å². The minimum absolute atomic E-state index is 0.105. The second-order valence-corrected chi connectivity index (χ2v) is 6.45. The fourth-order valence-electron chi connectivity index (χ4n) is 2.70. The molecule has 2 atom stereocenters. The van der Waals surface area contributed by atoms with Crippen molar-refractivity contribution in [3.63, 3.8) is 0 Å². The summed E-state index contributed by atoms with van der Waals surface area (Å²) in [6, 6.07) is 6.77. The summed E-state index contributed by atoms with van der Waals surface area (Å²) in [5.74, 6) is 0.105. The van der Waals surface area contributed by atoms with Crippen LogP contribution in [0.5, 0.6) is 0 Å². The number of nitrogens with one attached hydrogen (secondary N) is 2. The van der Waals surface area contributed by atoms with Gasteiger partial charge in [0, 0.05) is 17.1 Å². The molecule has 0 saturated carbocycles. The van der Waals surface area contributed by atoms with Gasteiger partial charge in [-0.3, -0.25) is 4.79 Å². The number of amides is 1. The Morgan fingerprint density at radius 3 is 3.00 bits per heavy atom. The normalized spacial score (nSPS) is 19.2. The Morgan fingerprint density at radius 1 is 1.45 bits per heavy atom. The average molecular weight is 339 g/mol. The summed E-state index contributed by atoms with van der Waals surface area (Å²) in [6.07, 6.45) is 4.16. The molecule has 0 spiro atoms. The van der Waals surface area contributed by atoms with Crippen LogP contribution in [0, 0.1) is 0 Å². The van der Waals surface area contributed by atoms with E-state index in [1.165, 1.54) is 11.1 Å². The number of fused-ring (bicyclic) bond motifs is 1. The molecule has 1 aromatic carbocycles. The lowest BCUT2D eigenvalue weighted by molar-refractivity contribution is -0.122. The highest BCUT2D eigenvalue weighted by atomic mass is 79.9. The summed E-state index contributed by atoms with van der Waals surface area (Å²) in [7, 11) is 0. The van der Waals surface area contributed by atoms with Crippen molar-refractivity contribution < 1.29 is 4.79 Å². The zero-order chi connectivity index (χ0) is 14.5. The molecular weight excluding hydrogens is 316 g/mol. The van der Waals surface area contributed by atoms with Gasteiger partial charge in [0.1, 0.15) is 0 Å². The molecule has 0 bridgehead atoms. The lowest BCUT2D eigenvalue weighted by Crippen LogP contribution is -2.48. The van der Waals surface area contributed by atoms with E-state index in [1.807, 2.05) is 6.92 Å². The highest BCUT2D eigenvalue weighted by Crippen LogP contribution is 2.24. The Labute approximate surface area is 129 Å². The molecule has 0 aliphatic heterocycles. The number of carbonyl (C=O) groups is 1. The quantitative estimate of drug-likeness (QED) is 0.866. The van der Waals surface area contributed by atoms with E-state index < -0.39 is 0 Å². The molecule has 2 unspecified atom stereocenters. The smallest absolute Gasteiger partial charge is 0.236 e. The number of carbonyl (C=O) groups excluding carboxylic acids is 1. The third kappa shape index (κ3) is 4.06. The molecule has 4 heteroatoms. The average Bonchev–Trinajstić information content (AvgIpc) is 2.44. The van der Waals surface area contributed by atoms with Crippen LogP contribution in [0.3, 0.4) is 0 Å². The molecule has 0 radical (unpaired) electrons. The van der Waals surface area contributed by atoms with Crippen LogP contribution >= 0.6 is 15.9 Å². The molecule has 3 nitrogen and oxygen atoms in total. The first-order chi connectivity index (χ1) is 9.60. The largest absolute Gasteiger partial charge is 0.355 e. The first-order valence-electron chi connectivity index (χ1n) is 7.41. The first-order valence-corrected chi connectivity index (χ1v) is 8.20. The molecule has 1 aliphatic carbocycles. The van der Waals surface area contributed by atoms with Crippen molar-refractivity contribution in [1.82, 2.24) is 10.6 Å². The van der Waals surface area contributed by atoms with Crippen molar-refractivity contribution in [2.45, 2.75) is 51.6 Å². The van der Waals surface area contributed by atoms with Crippen molar-refractivity contribution in [2.24, 2.45) is 0 Å². The van der Waals surface area contributed by atoms with Crippen LogP contribution in [0.25, 0.3) is 0 Å². The second kappa shape index (κ2) is 7.23. The Hall–Kier alpha value is -0.870. The second-order valence-electron chi connectivity index (χ2n) is 5.53. The van der Waals surface area contributed by atoms with E-state index in [4.69, 9.17) is 0 Å². The fourth-order valence-corrected chi connectivity index (χ4v) is 3.10. The number of halogens is 1. The van der Waals surface area contributed by atoms with E-state index in [9.17, 15) is 4.79 Å². The summed E-state index contributed by atoms with van der Waals surface area (Å²) in [6.45, 7) is 4.77. The zero-order valence-electron chi connectivity index (χ0n) is 12.2.